The van der Waals surface area contributed by atoms with E-state index in [0.717, 1.165) is 11.1 Å². The SMILES string of the molecule is CCOC(=O)C1=C(C(=O)OCC)[C@]2(O[Si](C(C)C)(C(C)C)C(C)C)OCc3ccccc3[C@H]12. The van der Waals surface area contributed by atoms with Crippen molar-refractivity contribution in [3.05, 3.63) is 46.5 Å². The van der Waals surface area contributed by atoms with Crippen molar-refractivity contribution in [2.45, 2.75) is 90.3 Å². The molecule has 0 fully saturated rings. The molecule has 1 aromatic rings. The van der Waals surface area contributed by atoms with Gasteiger partial charge in [-0.15, -0.1) is 0 Å². The first-order valence-electron chi connectivity index (χ1n) is 12.1. The van der Waals surface area contributed by atoms with E-state index in [9.17, 15) is 9.59 Å². The topological polar surface area (TPSA) is 71.1 Å². The van der Waals surface area contributed by atoms with E-state index in [-0.39, 0.29) is 35.4 Å². The lowest BCUT2D eigenvalue weighted by atomic mass is 9.65. The number of hydrogen-bond donors (Lipinski definition) is 0. The zero-order chi connectivity index (χ0) is 24.6. The van der Waals surface area contributed by atoms with Crippen LogP contribution in [0.4, 0.5) is 0 Å². The second kappa shape index (κ2) is 9.72. The molecule has 0 saturated carbocycles. The molecule has 2 aliphatic rings. The zero-order valence-corrected chi connectivity index (χ0v) is 22.2. The lowest BCUT2D eigenvalue weighted by Crippen LogP contribution is -2.65. The summed E-state index contributed by atoms with van der Waals surface area (Å²) >= 11 is 0. The molecule has 1 aliphatic carbocycles. The van der Waals surface area contributed by atoms with Crippen LogP contribution in [0.25, 0.3) is 0 Å². The van der Waals surface area contributed by atoms with E-state index in [1.54, 1.807) is 13.8 Å². The molecule has 0 amide bonds. The fourth-order valence-corrected chi connectivity index (χ4v) is 11.4. The van der Waals surface area contributed by atoms with E-state index >= 15 is 0 Å². The highest BCUT2D eigenvalue weighted by Crippen LogP contribution is 2.61. The molecule has 0 saturated heterocycles. The van der Waals surface area contributed by atoms with Crippen LogP contribution in [0.15, 0.2) is 35.4 Å². The molecule has 1 heterocycles. The largest absolute Gasteiger partial charge is 0.463 e. The number of fused-ring (bicyclic) bond motifs is 3. The molecular weight excluding hydrogens is 436 g/mol. The second-order valence-electron chi connectivity index (χ2n) is 9.74. The van der Waals surface area contributed by atoms with Gasteiger partial charge in [0.05, 0.1) is 31.3 Å². The van der Waals surface area contributed by atoms with Crippen LogP contribution in [0.3, 0.4) is 0 Å². The Bertz CT molecular complexity index is 913. The van der Waals surface area contributed by atoms with Crippen molar-refractivity contribution in [2.24, 2.45) is 0 Å². The maximum Gasteiger partial charge on any atom is 0.340 e. The summed E-state index contributed by atoms with van der Waals surface area (Å²) in [5.74, 6) is -2.98. The van der Waals surface area contributed by atoms with Crippen molar-refractivity contribution >= 4 is 20.3 Å². The standard InChI is InChI=1S/C26H38O6Si/c1-9-29-24(27)21-22-20-14-12-11-13-19(20)15-31-26(22,23(21)25(28)30-10-2)32-33(16(3)4,17(5)6)18(7)8/h11-14,16-18,22H,9-10,15H2,1-8H3/t22-,26+/m1/s1. The molecule has 0 radical (unpaired) electrons. The predicted octanol–water partition coefficient (Wildman–Crippen LogP) is 5.63. The van der Waals surface area contributed by atoms with Crippen LogP contribution < -0.4 is 0 Å². The Morgan fingerprint density at radius 2 is 1.52 bits per heavy atom. The number of benzene rings is 1. The van der Waals surface area contributed by atoms with Gasteiger partial charge in [-0.05, 0) is 41.6 Å². The summed E-state index contributed by atoms with van der Waals surface area (Å²) in [7, 11) is -2.51. The van der Waals surface area contributed by atoms with Crippen LogP contribution in [0.2, 0.25) is 16.6 Å². The third kappa shape index (κ3) is 3.98. The number of hydrogen-bond acceptors (Lipinski definition) is 6. The molecule has 0 aromatic heterocycles. The van der Waals surface area contributed by atoms with Crippen molar-refractivity contribution in [1.82, 2.24) is 0 Å². The van der Waals surface area contributed by atoms with Gasteiger partial charge in [0, 0.05) is 0 Å². The number of esters is 2. The van der Waals surface area contributed by atoms with Gasteiger partial charge >= 0.3 is 11.9 Å². The van der Waals surface area contributed by atoms with Gasteiger partial charge in [0.1, 0.15) is 5.57 Å². The van der Waals surface area contributed by atoms with Gasteiger partial charge in [-0.2, -0.15) is 0 Å². The van der Waals surface area contributed by atoms with Crippen molar-refractivity contribution in [1.29, 1.82) is 0 Å². The highest BCUT2D eigenvalue weighted by molar-refractivity contribution is 6.77. The third-order valence-corrected chi connectivity index (χ3v) is 13.2. The lowest BCUT2D eigenvalue weighted by molar-refractivity contribution is -0.215. The first-order valence-corrected chi connectivity index (χ1v) is 14.2. The maximum atomic E-state index is 13.3. The summed E-state index contributed by atoms with van der Waals surface area (Å²) in [6.07, 6.45) is 0. The molecule has 182 valence electrons. The molecule has 1 aromatic carbocycles. The monoisotopic (exact) mass is 474 g/mol. The van der Waals surface area contributed by atoms with Crippen molar-refractivity contribution in [3.8, 4) is 0 Å². The Kier molecular flexibility index (Phi) is 7.56. The number of carbonyl (C=O) groups is 2. The molecule has 0 N–H and O–H groups in total. The van der Waals surface area contributed by atoms with Crippen LogP contribution in [0, 0.1) is 0 Å². The van der Waals surface area contributed by atoms with E-state index in [0.29, 0.717) is 12.2 Å². The van der Waals surface area contributed by atoms with Crippen LogP contribution >= 0.6 is 0 Å². The van der Waals surface area contributed by atoms with Crippen molar-refractivity contribution < 1.29 is 28.2 Å². The molecule has 1 aliphatic heterocycles. The molecule has 0 spiro atoms. The summed E-state index contributed by atoms with van der Waals surface area (Å²) < 4.78 is 24.5. The summed E-state index contributed by atoms with van der Waals surface area (Å²) in [6, 6.07) is 7.87. The van der Waals surface area contributed by atoms with Crippen molar-refractivity contribution in [3.63, 3.8) is 0 Å². The van der Waals surface area contributed by atoms with E-state index in [1.807, 2.05) is 24.3 Å². The van der Waals surface area contributed by atoms with Gasteiger partial charge in [-0.3, -0.25) is 0 Å². The number of rotatable bonds is 9. The van der Waals surface area contributed by atoms with Gasteiger partial charge in [0.25, 0.3) is 0 Å². The molecular formula is C26H38O6Si. The fourth-order valence-electron chi connectivity index (χ4n) is 5.88. The maximum absolute atomic E-state index is 13.3. The van der Waals surface area contributed by atoms with E-state index < -0.39 is 32.0 Å². The van der Waals surface area contributed by atoms with Crippen molar-refractivity contribution in [2.75, 3.05) is 13.2 Å². The summed E-state index contributed by atoms with van der Waals surface area (Å²) in [6.45, 7) is 17.3. The predicted molar refractivity (Wildman–Crippen MR) is 129 cm³/mol. The second-order valence-corrected chi connectivity index (χ2v) is 15.1. The van der Waals surface area contributed by atoms with Gasteiger partial charge in [0.2, 0.25) is 14.1 Å². The first-order chi connectivity index (χ1) is 15.6. The Morgan fingerprint density at radius 3 is 2.06 bits per heavy atom. The average molecular weight is 475 g/mol. The average Bonchev–Trinajstić information content (AvgIpc) is 2.73. The van der Waals surface area contributed by atoms with E-state index in [1.165, 1.54) is 0 Å². The van der Waals surface area contributed by atoms with E-state index in [2.05, 4.69) is 41.5 Å². The Hall–Kier alpha value is -1.96. The summed E-state index contributed by atoms with van der Waals surface area (Å²) in [4.78, 5) is 26.4. The molecule has 3 rings (SSSR count). The molecule has 33 heavy (non-hydrogen) atoms. The molecule has 6 nitrogen and oxygen atoms in total. The van der Waals surface area contributed by atoms with Crippen LogP contribution in [-0.2, 0) is 34.8 Å². The van der Waals surface area contributed by atoms with Gasteiger partial charge in [-0.25, -0.2) is 9.59 Å². The number of ether oxygens (including phenoxy) is 3. The lowest BCUT2D eigenvalue weighted by Gasteiger charge is -2.58. The van der Waals surface area contributed by atoms with Gasteiger partial charge < -0.3 is 18.6 Å². The highest BCUT2D eigenvalue weighted by atomic mass is 28.4. The minimum absolute atomic E-state index is 0.168. The minimum Gasteiger partial charge on any atom is -0.463 e. The van der Waals surface area contributed by atoms with Crippen LogP contribution in [0.1, 0.15) is 72.4 Å². The minimum atomic E-state index is -2.51. The Morgan fingerprint density at radius 1 is 0.970 bits per heavy atom. The molecule has 0 bridgehead atoms. The summed E-state index contributed by atoms with van der Waals surface area (Å²) in [5, 5.41) is 0. The first kappa shape index (κ1) is 25.7. The quantitative estimate of drug-likeness (QED) is 0.341. The Labute approximate surface area is 198 Å². The Balaban J connectivity index is 2.29. The van der Waals surface area contributed by atoms with Gasteiger partial charge in [0.15, 0.2) is 0 Å². The molecule has 2 atom stereocenters. The highest BCUT2D eigenvalue weighted by Gasteiger charge is 2.68. The summed E-state index contributed by atoms with van der Waals surface area (Å²) in [5.41, 5.74) is 3.19. The molecule has 7 heteroatoms. The fraction of sp³-hybridized carbons (Fsp3) is 0.615. The van der Waals surface area contributed by atoms with Crippen LogP contribution in [-0.4, -0.2) is 39.3 Å². The zero-order valence-electron chi connectivity index (χ0n) is 21.2. The molecule has 0 unspecified atom stereocenters. The third-order valence-electron chi connectivity index (χ3n) is 7.11. The smallest absolute Gasteiger partial charge is 0.340 e. The number of carbonyl (C=O) groups excluding carboxylic acids is 2. The van der Waals surface area contributed by atoms with Crippen LogP contribution in [0.5, 0.6) is 0 Å². The van der Waals surface area contributed by atoms with E-state index in [4.69, 9.17) is 18.6 Å². The van der Waals surface area contributed by atoms with Gasteiger partial charge in [-0.1, -0.05) is 65.8 Å². The normalized spacial score (nSPS) is 22.2.